The number of carbonyl (C=O) groups excluding carboxylic acids is 3. The molecule has 1 N–H and O–H groups in total. The number of halogens is 1. The Kier molecular flexibility index (Phi) is 6.61. The van der Waals surface area contributed by atoms with Crippen LogP contribution in [-0.2, 0) is 9.59 Å². The Hall–Kier alpha value is -3.48. The maximum absolute atomic E-state index is 13.1. The molecule has 7 heteroatoms. The van der Waals surface area contributed by atoms with Gasteiger partial charge in [-0.15, -0.1) is 0 Å². The van der Waals surface area contributed by atoms with Gasteiger partial charge in [0.25, 0.3) is 0 Å². The van der Waals surface area contributed by atoms with E-state index in [2.05, 4.69) is 10.2 Å². The van der Waals surface area contributed by atoms with Crippen LogP contribution in [-0.4, -0.2) is 48.7 Å². The van der Waals surface area contributed by atoms with E-state index in [9.17, 15) is 18.8 Å². The topological polar surface area (TPSA) is 69.7 Å². The highest BCUT2D eigenvalue weighted by molar-refractivity contribution is 6.06. The van der Waals surface area contributed by atoms with Gasteiger partial charge >= 0.3 is 0 Å². The number of ketones is 1. The normalized spacial score (nSPS) is 14.4. The third-order valence-electron chi connectivity index (χ3n) is 5.00. The lowest BCUT2D eigenvalue weighted by Gasteiger charge is -2.36. The minimum Gasteiger partial charge on any atom is -0.368 e. The zero-order chi connectivity index (χ0) is 21.7. The van der Waals surface area contributed by atoms with Crippen molar-refractivity contribution in [2.75, 3.05) is 36.4 Å². The fourth-order valence-electron chi connectivity index (χ4n) is 3.29. The molecule has 0 saturated carbocycles. The van der Waals surface area contributed by atoms with Crippen LogP contribution < -0.4 is 10.2 Å². The van der Waals surface area contributed by atoms with E-state index in [0.717, 1.165) is 5.69 Å². The van der Waals surface area contributed by atoms with Crippen molar-refractivity contribution in [1.82, 2.24) is 4.90 Å². The highest BCUT2D eigenvalue weighted by Crippen LogP contribution is 2.18. The van der Waals surface area contributed by atoms with Gasteiger partial charge in [-0.05, 0) is 62.4 Å². The molecule has 2 aromatic rings. The van der Waals surface area contributed by atoms with Crippen molar-refractivity contribution >= 4 is 29.0 Å². The van der Waals surface area contributed by atoms with Crippen molar-refractivity contribution < 1.29 is 18.8 Å². The van der Waals surface area contributed by atoms with Crippen LogP contribution in [0.25, 0.3) is 0 Å². The number of nitrogens with zero attached hydrogens (tertiary/aromatic N) is 2. The number of amides is 2. The summed E-state index contributed by atoms with van der Waals surface area (Å²) in [6.07, 6.45) is 1.29. The highest BCUT2D eigenvalue weighted by atomic mass is 19.1. The molecule has 1 heterocycles. The molecule has 2 aromatic carbocycles. The summed E-state index contributed by atoms with van der Waals surface area (Å²) in [7, 11) is 0. The molecule has 156 valence electrons. The Bertz CT molecular complexity index is 960. The molecule has 0 aliphatic carbocycles. The fourth-order valence-corrected chi connectivity index (χ4v) is 3.29. The van der Waals surface area contributed by atoms with E-state index in [-0.39, 0.29) is 17.5 Å². The van der Waals surface area contributed by atoms with Crippen molar-refractivity contribution in [1.29, 1.82) is 0 Å². The van der Waals surface area contributed by atoms with Gasteiger partial charge in [0.05, 0.1) is 0 Å². The molecule has 0 unspecified atom stereocenters. The summed E-state index contributed by atoms with van der Waals surface area (Å²) in [5, 5.41) is 2.69. The number of piperazine rings is 1. The van der Waals surface area contributed by atoms with Crippen molar-refractivity contribution in [2.45, 2.75) is 13.8 Å². The first-order chi connectivity index (χ1) is 14.3. The number of hydrogen-bond donors (Lipinski definition) is 1. The standard InChI is InChI=1S/C23H24FN3O3/c1-16(15-22(29)25-20-7-3-18(4-8-20)17(2)28)23(30)27-13-11-26(12-14-27)21-9-5-19(24)6-10-21/h3-10,15H,11-14H2,1-2H3,(H,25,29)/b16-15-. The molecular formula is C23H24FN3O3. The van der Waals surface area contributed by atoms with Crippen LogP contribution in [0.4, 0.5) is 15.8 Å². The first-order valence-corrected chi connectivity index (χ1v) is 9.73. The Labute approximate surface area is 175 Å². The third-order valence-corrected chi connectivity index (χ3v) is 5.00. The van der Waals surface area contributed by atoms with Gasteiger partial charge < -0.3 is 15.1 Å². The van der Waals surface area contributed by atoms with Crippen molar-refractivity contribution in [3.05, 3.63) is 71.6 Å². The first-order valence-electron chi connectivity index (χ1n) is 9.73. The summed E-state index contributed by atoms with van der Waals surface area (Å²) in [6, 6.07) is 12.9. The second kappa shape index (κ2) is 9.35. The smallest absolute Gasteiger partial charge is 0.249 e. The highest BCUT2D eigenvalue weighted by Gasteiger charge is 2.22. The van der Waals surface area contributed by atoms with E-state index in [4.69, 9.17) is 0 Å². The maximum Gasteiger partial charge on any atom is 0.249 e. The van der Waals surface area contributed by atoms with E-state index >= 15 is 0 Å². The van der Waals surface area contributed by atoms with E-state index in [0.29, 0.717) is 43.0 Å². The molecule has 1 aliphatic rings. The molecule has 2 amide bonds. The zero-order valence-corrected chi connectivity index (χ0v) is 17.0. The van der Waals surface area contributed by atoms with E-state index in [1.807, 2.05) is 0 Å². The number of anilines is 2. The number of carbonyl (C=O) groups is 3. The number of Topliss-reactive ketones (excluding diaryl/α,β-unsaturated/α-hetero) is 1. The van der Waals surface area contributed by atoms with Crippen LogP contribution in [0.1, 0.15) is 24.2 Å². The molecule has 1 aliphatic heterocycles. The molecular weight excluding hydrogens is 385 g/mol. The molecule has 6 nitrogen and oxygen atoms in total. The number of rotatable bonds is 5. The summed E-state index contributed by atoms with van der Waals surface area (Å²) < 4.78 is 13.1. The average molecular weight is 409 g/mol. The number of nitrogens with one attached hydrogen (secondary N) is 1. The number of hydrogen-bond acceptors (Lipinski definition) is 4. The molecule has 1 saturated heterocycles. The minimum absolute atomic E-state index is 0.0475. The van der Waals surface area contributed by atoms with Gasteiger partial charge in [-0.2, -0.15) is 0 Å². The molecule has 0 radical (unpaired) electrons. The molecule has 0 atom stereocenters. The number of benzene rings is 2. The van der Waals surface area contributed by atoms with Gasteiger partial charge in [0, 0.05) is 54.8 Å². The van der Waals surface area contributed by atoms with Gasteiger partial charge in [-0.3, -0.25) is 14.4 Å². The van der Waals surface area contributed by atoms with E-state index < -0.39 is 5.91 Å². The molecule has 0 aromatic heterocycles. The SMILES string of the molecule is CC(=O)c1ccc(NC(=O)/C=C(/C)C(=O)N2CCN(c3ccc(F)cc3)CC2)cc1. The lowest BCUT2D eigenvalue weighted by molar-refractivity contribution is -0.127. The van der Waals surface area contributed by atoms with Crippen LogP contribution in [0.3, 0.4) is 0 Å². The Morgan fingerprint density at radius 1 is 0.900 bits per heavy atom. The molecule has 0 spiro atoms. The Morgan fingerprint density at radius 2 is 1.50 bits per heavy atom. The fraction of sp³-hybridized carbons (Fsp3) is 0.261. The van der Waals surface area contributed by atoms with Gasteiger partial charge in [0.2, 0.25) is 11.8 Å². The van der Waals surface area contributed by atoms with Crippen LogP contribution >= 0.6 is 0 Å². The molecule has 1 fully saturated rings. The predicted octanol–water partition coefficient (Wildman–Crippen LogP) is 3.26. The Balaban J connectivity index is 1.54. The van der Waals surface area contributed by atoms with Crippen LogP contribution in [0.5, 0.6) is 0 Å². The van der Waals surface area contributed by atoms with Gasteiger partial charge in [-0.25, -0.2) is 4.39 Å². The Morgan fingerprint density at radius 3 is 2.07 bits per heavy atom. The lowest BCUT2D eigenvalue weighted by atomic mass is 10.1. The van der Waals surface area contributed by atoms with Gasteiger partial charge in [0.1, 0.15) is 5.82 Å². The molecule has 0 bridgehead atoms. The van der Waals surface area contributed by atoms with Crippen molar-refractivity contribution in [2.24, 2.45) is 0 Å². The summed E-state index contributed by atoms with van der Waals surface area (Å²) in [4.78, 5) is 40.0. The molecule has 30 heavy (non-hydrogen) atoms. The largest absolute Gasteiger partial charge is 0.368 e. The summed E-state index contributed by atoms with van der Waals surface area (Å²) >= 11 is 0. The van der Waals surface area contributed by atoms with Crippen molar-refractivity contribution in [3.8, 4) is 0 Å². The second-order valence-electron chi connectivity index (χ2n) is 7.21. The van der Waals surface area contributed by atoms with E-state index in [1.54, 1.807) is 48.2 Å². The summed E-state index contributed by atoms with van der Waals surface area (Å²) in [5.41, 5.74) is 2.39. The van der Waals surface area contributed by atoms with Crippen molar-refractivity contribution in [3.63, 3.8) is 0 Å². The van der Waals surface area contributed by atoms with E-state index in [1.165, 1.54) is 25.1 Å². The second-order valence-corrected chi connectivity index (χ2v) is 7.21. The summed E-state index contributed by atoms with van der Waals surface area (Å²) in [5.74, 6) is -0.910. The van der Waals surface area contributed by atoms with Gasteiger partial charge in [-0.1, -0.05) is 0 Å². The first kappa shape index (κ1) is 21.2. The lowest BCUT2D eigenvalue weighted by Crippen LogP contribution is -2.49. The average Bonchev–Trinajstić information content (AvgIpc) is 2.74. The van der Waals surface area contributed by atoms with Crippen LogP contribution in [0, 0.1) is 5.82 Å². The van der Waals surface area contributed by atoms with Crippen LogP contribution in [0.2, 0.25) is 0 Å². The quantitative estimate of drug-likeness (QED) is 0.608. The third kappa shape index (κ3) is 5.31. The monoisotopic (exact) mass is 409 g/mol. The molecule has 3 rings (SSSR count). The zero-order valence-electron chi connectivity index (χ0n) is 17.0. The summed E-state index contributed by atoms with van der Waals surface area (Å²) in [6.45, 7) is 5.42. The minimum atomic E-state index is -0.402. The predicted molar refractivity (Wildman–Crippen MR) is 114 cm³/mol. The van der Waals surface area contributed by atoms with Crippen LogP contribution in [0.15, 0.2) is 60.2 Å². The van der Waals surface area contributed by atoms with Gasteiger partial charge in [0.15, 0.2) is 5.78 Å². The maximum atomic E-state index is 13.1.